The lowest BCUT2D eigenvalue weighted by Gasteiger charge is -2.08. The summed E-state index contributed by atoms with van der Waals surface area (Å²) in [5, 5.41) is 4.88. The molecule has 0 aliphatic carbocycles. The topological polar surface area (TPSA) is 111 Å². The number of Topliss-reactive ketones (excluding diaryl/α,β-unsaturated/α-hetero) is 2. The Kier molecular flexibility index (Phi) is 12.6. The van der Waals surface area contributed by atoms with E-state index in [9.17, 15) is 19.2 Å². The number of ether oxygens (including phenoxy) is 2. The number of hydrogen-bond donors (Lipinski definition) is 2. The highest BCUT2D eigenvalue weighted by Gasteiger charge is 2.10. The molecule has 0 bridgehead atoms. The zero-order valence-corrected chi connectivity index (χ0v) is 14.7. The van der Waals surface area contributed by atoms with E-state index in [2.05, 4.69) is 10.6 Å². The highest BCUT2D eigenvalue weighted by Crippen LogP contribution is 1.93. The average molecular weight is 344 g/mol. The van der Waals surface area contributed by atoms with Crippen molar-refractivity contribution >= 4 is 23.4 Å². The van der Waals surface area contributed by atoms with E-state index in [-0.39, 0.29) is 68.4 Å². The van der Waals surface area contributed by atoms with Crippen LogP contribution in [-0.2, 0) is 28.7 Å². The third-order valence-electron chi connectivity index (χ3n) is 2.87. The van der Waals surface area contributed by atoms with Crippen molar-refractivity contribution in [2.24, 2.45) is 0 Å². The number of carbonyl (C=O) groups is 4. The molecule has 138 valence electrons. The molecule has 0 aromatic heterocycles. The minimum absolute atomic E-state index is 0.00536. The van der Waals surface area contributed by atoms with Gasteiger partial charge >= 0.3 is 0 Å². The van der Waals surface area contributed by atoms with E-state index < -0.39 is 0 Å². The van der Waals surface area contributed by atoms with Gasteiger partial charge in [0.2, 0.25) is 11.8 Å². The molecule has 0 saturated carbocycles. The first-order valence-corrected chi connectivity index (χ1v) is 8.11. The maximum atomic E-state index is 11.6. The van der Waals surface area contributed by atoms with Crippen LogP contribution < -0.4 is 10.6 Å². The van der Waals surface area contributed by atoms with Crippen LogP contribution in [0.3, 0.4) is 0 Å². The van der Waals surface area contributed by atoms with Crippen molar-refractivity contribution in [3.8, 4) is 0 Å². The standard InChI is InChI=1S/C16H28N2O6/c1-4-23-11-16(22)18-9-13(19)5-6-15(21)17-10-14(20)7-8-24-12(2)3/h12H,4-11H2,1-3H3,(H,17,21)(H,18,22). The number of hydrogen-bond acceptors (Lipinski definition) is 6. The Morgan fingerprint density at radius 1 is 0.875 bits per heavy atom. The molecule has 24 heavy (non-hydrogen) atoms. The first-order valence-electron chi connectivity index (χ1n) is 8.11. The number of rotatable bonds is 14. The zero-order valence-electron chi connectivity index (χ0n) is 14.7. The number of ketones is 2. The Bertz CT molecular complexity index is 423. The van der Waals surface area contributed by atoms with Gasteiger partial charge in [-0.1, -0.05) is 0 Å². The van der Waals surface area contributed by atoms with Gasteiger partial charge in [0.1, 0.15) is 6.61 Å². The van der Waals surface area contributed by atoms with Gasteiger partial charge in [0, 0.05) is 25.9 Å². The molecule has 0 aromatic carbocycles. The van der Waals surface area contributed by atoms with E-state index >= 15 is 0 Å². The van der Waals surface area contributed by atoms with Gasteiger partial charge < -0.3 is 20.1 Å². The van der Waals surface area contributed by atoms with Gasteiger partial charge in [0.25, 0.3) is 0 Å². The van der Waals surface area contributed by atoms with Crippen molar-refractivity contribution < 1.29 is 28.7 Å². The molecule has 2 N–H and O–H groups in total. The third kappa shape index (κ3) is 13.8. The summed E-state index contributed by atoms with van der Waals surface area (Å²) in [5.41, 5.74) is 0. The van der Waals surface area contributed by atoms with Crippen LogP contribution in [0.15, 0.2) is 0 Å². The van der Waals surface area contributed by atoms with E-state index in [0.717, 1.165) is 0 Å². The Hall–Kier alpha value is -1.80. The van der Waals surface area contributed by atoms with Crippen molar-refractivity contribution in [1.29, 1.82) is 0 Å². The lowest BCUT2D eigenvalue weighted by molar-refractivity contribution is -0.129. The molecule has 0 aromatic rings. The molecule has 0 rings (SSSR count). The van der Waals surface area contributed by atoms with Crippen LogP contribution in [0.1, 0.15) is 40.0 Å². The quantitative estimate of drug-likeness (QED) is 0.458. The van der Waals surface area contributed by atoms with Crippen molar-refractivity contribution in [2.45, 2.75) is 46.1 Å². The van der Waals surface area contributed by atoms with Crippen LogP contribution >= 0.6 is 0 Å². The summed E-state index contributed by atoms with van der Waals surface area (Å²) in [6, 6.07) is 0. The van der Waals surface area contributed by atoms with Crippen LogP contribution in [-0.4, -0.2) is 62.4 Å². The summed E-state index contributed by atoms with van der Waals surface area (Å²) in [7, 11) is 0. The summed E-state index contributed by atoms with van der Waals surface area (Å²) >= 11 is 0. The maximum Gasteiger partial charge on any atom is 0.246 e. The molecule has 0 fully saturated rings. The van der Waals surface area contributed by atoms with Crippen LogP contribution in [0.4, 0.5) is 0 Å². The molecule has 0 atom stereocenters. The minimum atomic E-state index is -0.373. The molecule has 2 amide bonds. The van der Waals surface area contributed by atoms with Gasteiger partial charge in [-0.05, 0) is 20.8 Å². The van der Waals surface area contributed by atoms with Gasteiger partial charge in [0.05, 0.1) is 25.8 Å². The second-order valence-corrected chi connectivity index (χ2v) is 5.44. The molecule has 8 nitrogen and oxygen atoms in total. The zero-order chi connectivity index (χ0) is 18.4. The van der Waals surface area contributed by atoms with Gasteiger partial charge in [-0.25, -0.2) is 0 Å². The molecule has 0 saturated heterocycles. The molecule has 0 spiro atoms. The van der Waals surface area contributed by atoms with Gasteiger partial charge in [-0.3, -0.25) is 19.2 Å². The highest BCUT2D eigenvalue weighted by molar-refractivity contribution is 5.90. The number of nitrogens with one attached hydrogen (secondary N) is 2. The van der Waals surface area contributed by atoms with E-state index in [1.165, 1.54) is 0 Å². The fourth-order valence-corrected chi connectivity index (χ4v) is 1.57. The average Bonchev–Trinajstić information content (AvgIpc) is 2.53. The van der Waals surface area contributed by atoms with E-state index in [1.807, 2.05) is 13.8 Å². The first kappa shape index (κ1) is 22.2. The van der Waals surface area contributed by atoms with Crippen molar-refractivity contribution in [3.05, 3.63) is 0 Å². The van der Waals surface area contributed by atoms with Crippen molar-refractivity contribution in [3.63, 3.8) is 0 Å². The Morgan fingerprint density at radius 3 is 2.04 bits per heavy atom. The third-order valence-corrected chi connectivity index (χ3v) is 2.87. The summed E-state index contributed by atoms with van der Waals surface area (Å²) in [5.74, 6) is -1.13. The normalized spacial score (nSPS) is 10.5. The number of carbonyl (C=O) groups excluding carboxylic acids is 4. The second kappa shape index (κ2) is 13.6. The lowest BCUT2D eigenvalue weighted by Crippen LogP contribution is -2.34. The van der Waals surface area contributed by atoms with Crippen molar-refractivity contribution in [1.82, 2.24) is 10.6 Å². The van der Waals surface area contributed by atoms with Gasteiger partial charge in [-0.2, -0.15) is 0 Å². The van der Waals surface area contributed by atoms with E-state index in [4.69, 9.17) is 9.47 Å². The predicted molar refractivity (Wildman–Crippen MR) is 87.5 cm³/mol. The van der Waals surface area contributed by atoms with Crippen LogP contribution in [0.5, 0.6) is 0 Å². The fourth-order valence-electron chi connectivity index (χ4n) is 1.57. The molecule has 0 unspecified atom stereocenters. The second-order valence-electron chi connectivity index (χ2n) is 5.44. The molecular weight excluding hydrogens is 316 g/mol. The van der Waals surface area contributed by atoms with Crippen molar-refractivity contribution in [2.75, 3.05) is 32.9 Å². The molecule has 8 heteroatoms. The summed E-state index contributed by atoms with van der Waals surface area (Å²) in [6.07, 6.45) is 0.289. The first-order chi connectivity index (χ1) is 11.3. The van der Waals surface area contributed by atoms with E-state index in [1.54, 1.807) is 6.92 Å². The monoisotopic (exact) mass is 344 g/mol. The number of amides is 2. The largest absolute Gasteiger partial charge is 0.378 e. The lowest BCUT2D eigenvalue weighted by atomic mass is 10.2. The Labute approximate surface area is 142 Å². The maximum absolute atomic E-state index is 11.6. The summed E-state index contributed by atoms with van der Waals surface area (Å²) < 4.78 is 10.1. The van der Waals surface area contributed by atoms with Gasteiger partial charge in [-0.15, -0.1) is 0 Å². The fraction of sp³-hybridized carbons (Fsp3) is 0.750. The minimum Gasteiger partial charge on any atom is -0.378 e. The molecule has 0 aliphatic heterocycles. The molecule has 0 radical (unpaired) electrons. The smallest absolute Gasteiger partial charge is 0.246 e. The molecule has 0 heterocycles. The highest BCUT2D eigenvalue weighted by atomic mass is 16.5. The summed E-state index contributed by atoms with van der Waals surface area (Å²) in [6.45, 7) is 5.97. The van der Waals surface area contributed by atoms with Crippen LogP contribution in [0.2, 0.25) is 0 Å². The Balaban J connectivity index is 3.72. The SMILES string of the molecule is CCOCC(=O)NCC(=O)CCC(=O)NCC(=O)CCOC(C)C. The Morgan fingerprint density at radius 2 is 1.46 bits per heavy atom. The van der Waals surface area contributed by atoms with Crippen LogP contribution in [0, 0.1) is 0 Å². The van der Waals surface area contributed by atoms with Crippen LogP contribution in [0.25, 0.3) is 0 Å². The molecule has 0 aliphatic rings. The predicted octanol–water partition coefficient (Wildman–Crippen LogP) is -0.0112. The summed E-state index contributed by atoms with van der Waals surface area (Å²) in [4.78, 5) is 45.9. The van der Waals surface area contributed by atoms with Gasteiger partial charge in [0.15, 0.2) is 11.6 Å². The van der Waals surface area contributed by atoms with E-state index in [0.29, 0.717) is 13.2 Å². The molecular formula is C16H28N2O6.